The zero-order chi connectivity index (χ0) is 17.8. The molecule has 0 saturated heterocycles. The van der Waals surface area contributed by atoms with Crippen LogP contribution in [0.25, 0.3) is 0 Å². The normalized spacial score (nSPS) is 13.1. The molecule has 0 amide bonds. The Labute approximate surface area is 145 Å². The van der Waals surface area contributed by atoms with Gasteiger partial charge in [0, 0.05) is 6.54 Å². The van der Waals surface area contributed by atoms with Crippen LogP contribution in [0, 0.1) is 11.8 Å². The molecule has 0 bridgehead atoms. The number of ether oxygens (including phenoxy) is 1. The van der Waals surface area contributed by atoms with Crippen molar-refractivity contribution < 1.29 is 23.1 Å². The summed E-state index contributed by atoms with van der Waals surface area (Å²) < 4.78 is 31.9. The third kappa shape index (κ3) is 5.24. The molecule has 0 fully saturated rings. The van der Waals surface area contributed by atoms with Gasteiger partial charge in [0.05, 0.1) is 18.1 Å². The summed E-state index contributed by atoms with van der Waals surface area (Å²) in [6.07, 6.45) is 0.356. The fraction of sp³-hybridized carbons (Fsp3) is 0.500. The van der Waals surface area contributed by atoms with Crippen molar-refractivity contribution in [3.63, 3.8) is 0 Å². The van der Waals surface area contributed by atoms with E-state index in [1.54, 1.807) is 0 Å². The molecule has 9 heteroatoms. The van der Waals surface area contributed by atoms with E-state index >= 15 is 0 Å². The summed E-state index contributed by atoms with van der Waals surface area (Å²) in [6, 6.07) is 2.64. The Kier molecular flexibility index (Phi) is 7.13. The fourth-order valence-corrected chi connectivity index (χ4v) is 3.93. The molecule has 0 radical (unpaired) electrons. The Morgan fingerprint density at radius 2 is 1.91 bits per heavy atom. The number of aliphatic carboxylic acids is 1. The molecule has 0 heterocycles. The molecule has 0 aliphatic heterocycles. The van der Waals surface area contributed by atoms with E-state index in [4.69, 9.17) is 33.0 Å². The highest BCUT2D eigenvalue weighted by Gasteiger charge is 2.25. The Balaban J connectivity index is 3.00. The molecule has 130 valence electrons. The number of carboxylic acids is 1. The third-order valence-electron chi connectivity index (χ3n) is 3.15. The monoisotopic (exact) mass is 383 g/mol. The Hall–Kier alpha value is -1.02. The molecule has 2 N–H and O–H groups in total. The number of benzene rings is 1. The van der Waals surface area contributed by atoms with Crippen molar-refractivity contribution in [1.82, 2.24) is 4.72 Å². The maximum atomic E-state index is 12.3. The van der Waals surface area contributed by atoms with E-state index in [0.717, 1.165) is 0 Å². The first-order chi connectivity index (χ1) is 10.6. The second kappa shape index (κ2) is 8.19. The van der Waals surface area contributed by atoms with E-state index < -0.39 is 21.9 Å². The molecule has 1 rings (SSSR count). The highest BCUT2D eigenvalue weighted by atomic mass is 35.5. The SMILES string of the molecule is COc1ccc(S(=O)(=O)NCC(CC(C)C)C(=O)O)c(Cl)c1Cl. The number of carboxylic acid groups (broad SMARTS) is 1. The van der Waals surface area contributed by atoms with Crippen LogP contribution in [-0.2, 0) is 14.8 Å². The van der Waals surface area contributed by atoms with Crippen molar-refractivity contribution in [2.75, 3.05) is 13.7 Å². The molecule has 1 aromatic rings. The largest absolute Gasteiger partial charge is 0.495 e. The van der Waals surface area contributed by atoms with Crippen LogP contribution < -0.4 is 9.46 Å². The first-order valence-corrected chi connectivity index (χ1v) is 9.08. The Morgan fingerprint density at radius 1 is 1.30 bits per heavy atom. The molecule has 1 unspecified atom stereocenters. The number of halogens is 2. The Bertz CT molecular complexity index is 676. The summed E-state index contributed by atoms with van der Waals surface area (Å²) in [4.78, 5) is 11.0. The zero-order valence-corrected chi connectivity index (χ0v) is 15.3. The lowest BCUT2D eigenvalue weighted by molar-refractivity contribution is -0.142. The first-order valence-electron chi connectivity index (χ1n) is 6.84. The van der Waals surface area contributed by atoms with Crippen LogP contribution in [0.15, 0.2) is 17.0 Å². The number of rotatable bonds is 8. The second-order valence-electron chi connectivity index (χ2n) is 5.41. The molecule has 0 saturated carbocycles. The third-order valence-corrected chi connectivity index (χ3v) is 5.59. The van der Waals surface area contributed by atoms with Gasteiger partial charge in [0.25, 0.3) is 0 Å². The van der Waals surface area contributed by atoms with Gasteiger partial charge in [-0.15, -0.1) is 0 Å². The molecule has 0 aromatic heterocycles. The maximum Gasteiger partial charge on any atom is 0.307 e. The van der Waals surface area contributed by atoms with Crippen LogP contribution in [0.1, 0.15) is 20.3 Å². The highest BCUT2D eigenvalue weighted by Crippen LogP contribution is 2.36. The van der Waals surface area contributed by atoms with Gasteiger partial charge in [-0.1, -0.05) is 37.0 Å². The Morgan fingerprint density at radius 3 is 2.39 bits per heavy atom. The van der Waals surface area contributed by atoms with E-state index in [-0.39, 0.29) is 33.2 Å². The van der Waals surface area contributed by atoms with Gasteiger partial charge in [0.2, 0.25) is 10.0 Å². The predicted molar refractivity (Wildman–Crippen MR) is 88.8 cm³/mol. The van der Waals surface area contributed by atoms with Crippen LogP contribution in [0.2, 0.25) is 10.0 Å². The zero-order valence-electron chi connectivity index (χ0n) is 13.0. The lowest BCUT2D eigenvalue weighted by Gasteiger charge is -2.16. The van der Waals surface area contributed by atoms with Gasteiger partial charge >= 0.3 is 5.97 Å². The number of hydrogen-bond donors (Lipinski definition) is 2. The summed E-state index contributed by atoms with van der Waals surface area (Å²) in [5.41, 5.74) is 0. The van der Waals surface area contributed by atoms with Crippen molar-refractivity contribution in [3.8, 4) is 5.75 Å². The topological polar surface area (TPSA) is 92.7 Å². The number of nitrogens with one attached hydrogen (secondary N) is 1. The minimum absolute atomic E-state index is 0.0194. The molecular weight excluding hydrogens is 365 g/mol. The van der Waals surface area contributed by atoms with Gasteiger partial charge in [0.1, 0.15) is 15.7 Å². The smallest absolute Gasteiger partial charge is 0.307 e. The summed E-state index contributed by atoms with van der Waals surface area (Å²) in [6.45, 7) is 3.50. The predicted octanol–water partition coefficient (Wildman–Crippen LogP) is 3.03. The maximum absolute atomic E-state index is 12.3. The van der Waals surface area contributed by atoms with Gasteiger partial charge in [-0.25, -0.2) is 13.1 Å². The number of carbonyl (C=O) groups is 1. The minimum atomic E-state index is -3.99. The summed E-state index contributed by atoms with van der Waals surface area (Å²) in [7, 11) is -2.61. The number of sulfonamides is 1. The van der Waals surface area contributed by atoms with Gasteiger partial charge in [-0.2, -0.15) is 0 Å². The van der Waals surface area contributed by atoms with Crippen LogP contribution in [0.5, 0.6) is 5.75 Å². The van der Waals surface area contributed by atoms with Crippen molar-refractivity contribution in [3.05, 3.63) is 22.2 Å². The molecule has 0 aliphatic rings. The molecule has 1 atom stereocenters. The second-order valence-corrected chi connectivity index (χ2v) is 7.90. The van der Waals surface area contributed by atoms with Crippen molar-refractivity contribution in [2.45, 2.75) is 25.2 Å². The molecule has 0 spiro atoms. The van der Waals surface area contributed by atoms with Gasteiger partial charge in [-0.3, -0.25) is 4.79 Å². The quantitative estimate of drug-likeness (QED) is 0.719. The van der Waals surface area contributed by atoms with Crippen LogP contribution in [0.4, 0.5) is 0 Å². The summed E-state index contributed by atoms with van der Waals surface area (Å²) in [5.74, 6) is -1.50. The minimum Gasteiger partial charge on any atom is -0.495 e. The fourth-order valence-electron chi connectivity index (χ4n) is 2.01. The molecular formula is C14H19Cl2NO5S. The van der Waals surface area contributed by atoms with E-state index in [1.807, 2.05) is 13.8 Å². The van der Waals surface area contributed by atoms with Gasteiger partial charge in [-0.05, 0) is 24.5 Å². The van der Waals surface area contributed by atoms with Crippen LogP contribution in [0.3, 0.4) is 0 Å². The lowest BCUT2D eigenvalue weighted by atomic mass is 9.98. The van der Waals surface area contributed by atoms with Crippen molar-refractivity contribution in [2.24, 2.45) is 11.8 Å². The average Bonchev–Trinajstić information content (AvgIpc) is 2.45. The average molecular weight is 384 g/mol. The molecule has 6 nitrogen and oxygen atoms in total. The van der Waals surface area contributed by atoms with E-state index in [2.05, 4.69) is 4.72 Å². The summed E-state index contributed by atoms with van der Waals surface area (Å²) in [5, 5.41) is 8.97. The summed E-state index contributed by atoms with van der Waals surface area (Å²) >= 11 is 11.9. The van der Waals surface area contributed by atoms with E-state index in [0.29, 0.717) is 6.42 Å². The van der Waals surface area contributed by atoms with Crippen molar-refractivity contribution in [1.29, 1.82) is 0 Å². The standard InChI is InChI=1S/C14H19Cl2NO5S/c1-8(2)6-9(14(18)19)7-17-23(20,21)11-5-4-10(22-3)12(15)13(11)16/h4-5,8-9,17H,6-7H2,1-3H3,(H,18,19). The van der Waals surface area contributed by atoms with Crippen LogP contribution >= 0.6 is 23.2 Å². The lowest BCUT2D eigenvalue weighted by Crippen LogP contribution is -2.33. The number of hydrogen-bond acceptors (Lipinski definition) is 4. The number of methoxy groups -OCH3 is 1. The molecule has 1 aromatic carbocycles. The van der Waals surface area contributed by atoms with E-state index in [1.165, 1.54) is 19.2 Å². The molecule has 23 heavy (non-hydrogen) atoms. The first kappa shape index (κ1) is 20.0. The van der Waals surface area contributed by atoms with E-state index in [9.17, 15) is 13.2 Å². The molecule has 0 aliphatic carbocycles. The van der Waals surface area contributed by atoms with Crippen LogP contribution in [-0.4, -0.2) is 33.1 Å². The van der Waals surface area contributed by atoms with Gasteiger partial charge in [0.15, 0.2) is 0 Å². The van der Waals surface area contributed by atoms with Gasteiger partial charge < -0.3 is 9.84 Å². The van der Waals surface area contributed by atoms with Crippen molar-refractivity contribution >= 4 is 39.2 Å². The highest BCUT2D eigenvalue weighted by molar-refractivity contribution is 7.89.